The van der Waals surface area contributed by atoms with E-state index in [9.17, 15) is 9.18 Å². The van der Waals surface area contributed by atoms with E-state index in [0.29, 0.717) is 12.1 Å². The van der Waals surface area contributed by atoms with Crippen LogP contribution in [0.3, 0.4) is 0 Å². The Balaban J connectivity index is 2.04. The third-order valence-corrected chi connectivity index (χ3v) is 3.44. The van der Waals surface area contributed by atoms with Gasteiger partial charge in [-0.15, -0.1) is 0 Å². The Morgan fingerprint density at radius 3 is 2.33 bits per heavy atom. The fraction of sp³-hybridized carbons (Fsp3) is 0.133. The number of amides is 1. The van der Waals surface area contributed by atoms with Crippen LogP contribution < -0.4 is 11.1 Å². The smallest absolute Gasteiger partial charge is 0.241 e. The van der Waals surface area contributed by atoms with Crippen molar-refractivity contribution < 1.29 is 9.18 Å². The Hall–Kier alpha value is -1.62. The van der Waals surface area contributed by atoms with Crippen LogP contribution in [0.2, 0.25) is 10.0 Å². The molecule has 0 saturated heterocycles. The molecule has 6 heteroatoms. The van der Waals surface area contributed by atoms with Crippen molar-refractivity contribution in [3.8, 4) is 0 Å². The maximum Gasteiger partial charge on any atom is 0.241 e. The number of benzene rings is 2. The molecule has 0 unspecified atom stereocenters. The van der Waals surface area contributed by atoms with E-state index in [2.05, 4.69) is 5.32 Å². The van der Waals surface area contributed by atoms with Gasteiger partial charge in [0.05, 0.1) is 16.1 Å². The minimum Gasteiger partial charge on any atom is -0.325 e. The fourth-order valence-corrected chi connectivity index (χ4v) is 2.31. The van der Waals surface area contributed by atoms with Crippen molar-refractivity contribution in [3.63, 3.8) is 0 Å². The van der Waals surface area contributed by atoms with Crippen LogP contribution in [0.1, 0.15) is 5.56 Å². The number of hydrogen-bond donors (Lipinski definition) is 2. The predicted molar refractivity (Wildman–Crippen MR) is 83.2 cm³/mol. The first-order chi connectivity index (χ1) is 9.97. The molecule has 110 valence electrons. The Morgan fingerprint density at radius 2 is 1.76 bits per heavy atom. The standard InChI is InChI=1S/C15H13Cl2FN2O/c16-11-7-10(8-12(17)14(11)18)20-15(21)13(19)6-9-4-2-1-3-5-9/h1-5,7-8,13H,6,19H2,(H,20,21)/t13-/m1/s1. The molecule has 1 amide bonds. The van der Waals surface area contributed by atoms with Gasteiger partial charge in [-0.1, -0.05) is 53.5 Å². The molecule has 0 aliphatic rings. The highest BCUT2D eigenvalue weighted by Gasteiger charge is 2.16. The number of carbonyl (C=O) groups excluding carboxylic acids is 1. The lowest BCUT2D eigenvalue weighted by molar-refractivity contribution is -0.117. The van der Waals surface area contributed by atoms with Crippen LogP contribution in [-0.4, -0.2) is 11.9 Å². The molecule has 0 aromatic heterocycles. The SMILES string of the molecule is N[C@H](Cc1ccccc1)C(=O)Nc1cc(Cl)c(F)c(Cl)c1. The van der Waals surface area contributed by atoms with Crippen LogP contribution in [0.15, 0.2) is 42.5 Å². The van der Waals surface area contributed by atoms with Crippen molar-refractivity contribution in [2.24, 2.45) is 5.73 Å². The van der Waals surface area contributed by atoms with Crippen molar-refractivity contribution in [1.82, 2.24) is 0 Å². The molecule has 0 radical (unpaired) electrons. The van der Waals surface area contributed by atoms with E-state index in [-0.39, 0.29) is 10.0 Å². The molecule has 3 N–H and O–H groups in total. The van der Waals surface area contributed by atoms with Crippen LogP contribution in [0.5, 0.6) is 0 Å². The molecular weight excluding hydrogens is 314 g/mol. The monoisotopic (exact) mass is 326 g/mol. The van der Waals surface area contributed by atoms with E-state index in [4.69, 9.17) is 28.9 Å². The van der Waals surface area contributed by atoms with E-state index in [1.54, 1.807) is 0 Å². The molecule has 2 aromatic rings. The van der Waals surface area contributed by atoms with Crippen molar-refractivity contribution in [3.05, 3.63) is 63.9 Å². The Bertz CT molecular complexity index is 626. The van der Waals surface area contributed by atoms with Gasteiger partial charge in [-0.25, -0.2) is 4.39 Å². The third kappa shape index (κ3) is 4.17. The number of nitrogens with two attached hydrogens (primary N) is 1. The van der Waals surface area contributed by atoms with Crippen molar-refractivity contribution in [1.29, 1.82) is 0 Å². The van der Waals surface area contributed by atoms with Crippen LogP contribution in [0, 0.1) is 5.82 Å². The molecule has 0 aliphatic heterocycles. The second-order valence-corrected chi connectivity index (χ2v) is 5.35. The first-order valence-electron chi connectivity index (χ1n) is 6.22. The minimum absolute atomic E-state index is 0.158. The van der Waals surface area contributed by atoms with Gasteiger partial charge in [0.15, 0.2) is 5.82 Å². The lowest BCUT2D eigenvalue weighted by Crippen LogP contribution is -2.37. The molecule has 2 rings (SSSR count). The van der Waals surface area contributed by atoms with Crippen LogP contribution >= 0.6 is 23.2 Å². The highest BCUT2D eigenvalue weighted by Crippen LogP contribution is 2.27. The number of carbonyl (C=O) groups is 1. The summed E-state index contributed by atoms with van der Waals surface area (Å²) in [6.07, 6.45) is 0.398. The van der Waals surface area contributed by atoms with E-state index in [1.807, 2.05) is 30.3 Å². The normalized spacial score (nSPS) is 12.0. The Morgan fingerprint density at radius 1 is 1.19 bits per heavy atom. The largest absolute Gasteiger partial charge is 0.325 e. The van der Waals surface area contributed by atoms with E-state index in [0.717, 1.165) is 5.56 Å². The summed E-state index contributed by atoms with van der Waals surface area (Å²) in [6, 6.07) is 11.3. The second kappa shape index (κ2) is 6.89. The summed E-state index contributed by atoms with van der Waals surface area (Å²) in [5.41, 5.74) is 7.11. The maximum atomic E-state index is 13.3. The lowest BCUT2D eigenvalue weighted by Gasteiger charge is -2.13. The third-order valence-electron chi connectivity index (χ3n) is 2.89. The molecule has 0 spiro atoms. The second-order valence-electron chi connectivity index (χ2n) is 4.54. The first-order valence-corrected chi connectivity index (χ1v) is 6.98. The number of anilines is 1. The zero-order chi connectivity index (χ0) is 15.4. The Labute approximate surface area is 131 Å². The number of hydrogen-bond acceptors (Lipinski definition) is 2. The molecule has 0 saturated carbocycles. The average Bonchev–Trinajstić information content (AvgIpc) is 2.45. The summed E-state index contributed by atoms with van der Waals surface area (Å²) in [5.74, 6) is -1.11. The van der Waals surface area contributed by atoms with E-state index < -0.39 is 17.8 Å². The number of rotatable bonds is 4. The topological polar surface area (TPSA) is 55.1 Å². The summed E-state index contributed by atoms with van der Waals surface area (Å²) in [6.45, 7) is 0. The first kappa shape index (κ1) is 15.8. The van der Waals surface area contributed by atoms with E-state index >= 15 is 0 Å². The zero-order valence-electron chi connectivity index (χ0n) is 10.9. The van der Waals surface area contributed by atoms with Crippen molar-refractivity contribution in [2.75, 3.05) is 5.32 Å². The van der Waals surface area contributed by atoms with Gasteiger partial charge < -0.3 is 11.1 Å². The summed E-state index contributed by atoms with van der Waals surface area (Å²) in [4.78, 5) is 12.0. The minimum atomic E-state index is -0.727. The molecule has 2 aromatic carbocycles. The summed E-state index contributed by atoms with van der Waals surface area (Å²) in [7, 11) is 0. The van der Waals surface area contributed by atoms with Gasteiger partial charge in [-0.3, -0.25) is 4.79 Å². The maximum absolute atomic E-state index is 13.3. The van der Waals surface area contributed by atoms with Gasteiger partial charge in [0, 0.05) is 5.69 Å². The molecule has 0 aliphatic carbocycles. The molecule has 3 nitrogen and oxygen atoms in total. The molecule has 21 heavy (non-hydrogen) atoms. The van der Waals surface area contributed by atoms with Gasteiger partial charge in [0.25, 0.3) is 0 Å². The zero-order valence-corrected chi connectivity index (χ0v) is 12.5. The highest BCUT2D eigenvalue weighted by atomic mass is 35.5. The van der Waals surface area contributed by atoms with E-state index in [1.165, 1.54) is 12.1 Å². The predicted octanol–water partition coefficient (Wildman–Crippen LogP) is 3.64. The van der Waals surface area contributed by atoms with Gasteiger partial charge in [0.1, 0.15) is 0 Å². The number of halogens is 3. The molecular formula is C15H13Cl2FN2O. The van der Waals surface area contributed by atoms with Gasteiger partial charge in [-0.2, -0.15) is 0 Å². The lowest BCUT2D eigenvalue weighted by atomic mass is 10.1. The molecule has 0 fully saturated rings. The average molecular weight is 327 g/mol. The van der Waals surface area contributed by atoms with Crippen LogP contribution in [-0.2, 0) is 11.2 Å². The van der Waals surface area contributed by atoms with Crippen LogP contribution in [0.4, 0.5) is 10.1 Å². The Kier molecular flexibility index (Phi) is 5.17. The van der Waals surface area contributed by atoms with Gasteiger partial charge in [-0.05, 0) is 24.1 Å². The fourth-order valence-electron chi connectivity index (χ4n) is 1.82. The van der Waals surface area contributed by atoms with Gasteiger partial charge in [0.2, 0.25) is 5.91 Å². The summed E-state index contributed by atoms with van der Waals surface area (Å²) >= 11 is 11.3. The molecule has 0 heterocycles. The molecule has 0 bridgehead atoms. The van der Waals surface area contributed by atoms with Crippen molar-refractivity contribution in [2.45, 2.75) is 12.5 Å². The summed E-state index contributed by atoms with van der Waals surface area (Å²) < 4.78 is 13.3. The highest BCUT2D eigenvalue weighted by molar-refractivity contribution is 6.35. The van der Waals surface area contributed by atoms with Crippen LogP contribution in [0.25, 0.3) is 0 Å². The quantitative estimate of drug-likeness (QED) is 0.843. The number of nitrogens with one attached hydrogen (secondary N) is 1. The van der Waals surface area contributed by atoms with Gasteiger partial charge >= 0.3 is 0 Å². The molecule has 1 atom stereocenters. The van der Waals surface area contributed by atoms with Crippen molar-refractivity contribution >= 4 is 34.8 Å². The summed E-state index contributed by atoms with van der Waals surface area (Å²) in [5, 5.41) is 2.26.